The van der Waals surface area contributed by atoms with E-state index in [1.165, 1.54) is 11.8 Å². The summed E-state index contributed by atoms with van der Waals surface area (Å²) in [5.74, 6) is -0.189. The molecule has 1 rings (SSSR count). The van der Waals surface area contributed by atoms with E-state index in [0.717, 1.165) is 4.90 Å². The molecule has 2 nitrogen and oxygen atoms in total. The first kappa shape index (κ1) is 14.7. The molecule has 0 saturated heterocycles. The van der Waals surface area contributed by atoms with Gasteiger partial charge in [-0.15, -0.1) is 11.8 Å². The van der Waals surface area contributed by atoms with Crippen molar-refractivity contribution >= 4 is 40.9 Å². The van der Waals surface area contributed by atoms with Crippen LogP contribution in [0.5, 0.6) is 0 Å². The summed E-state index contributed by atoms with van der Waals surface area (Å²) in [6, 6.07) is 5.30. The summed E-state index contributed by atoms with van der Waals surface area (Å²) in [5.41, 5.74) is 0. The standard InChI is InChI=1S/C12H14Cl2O2S/c1-3-16-12(15)6-8(2)17-11-7-9(13)4-5-10(11)14/h4-5,7-8H,3,6H2,1-2H3. The van der Waals surface area contributed by atoms with E-state index in [-0.39, 0.29) is 11.2 Å². The second-order valence-electron chi connectivity index (χ2n) is 3.51. The quantitative estimate of drug-likeness (QED) is 0.593. The fourth-order valence-corrected chi connectivity index (χ4v) is 2.80. The van der Waals surface area contributed by atoms with E-state index in [2.05, 4.69) is 0 Å². The fraction of sp³-hybridized carbons (Fsp3) is 0.417. The molecule has 94 valence electrons. The molecule has 0 aliphatic heterocycles. The Morgan fingerprint density at radius 2 is 2.18 bits per heavy atom. The molecule has 1 unspecified atom stereocenters. The van der Waals surface area contributed by atoms with E-state index in [0.29, 0.717) is 23.1 Å². The van der Waals surface area contributed by atoms with Gasteiger partial charge in [0.15, 0.2) is 0 Å². The van der Waals surface area contributed by atoms with Gasteiger partial charge < -0.3 is 4.74 Å². The molecule has 0 bridgehead atoms. The number of rotatable bonds is 5. The van der Waals surface area contributed by atoms with Crippen molar-refractivity contribution in [1.29, 1.82) is 0 Å². The van der Waals surface area contributed by atoms with Crippen molar-refractivity contribution in [2.45, 2.75) is 30.4 Å². The van der Waals surface area contributed by atoms with Gasteiger partial charge in [0.05, 0.1) is 18.1 Å². The van der Waals surface area contributed by atoms with Gasteiger partial charge in [-0.1, -0.05) is 30.1 Å². The molecular weight excluding hydrogens is 279 g/mol. The second-order valence-corrected chi connectivity index (χ2v) is 5.84. The lowest BCUT2D eigenvalue weighted by Crippen LogP contribution is -2.10. The number of carbonyl (C=O) groups is 1. The Kier molecular flexibility index (Phi) is 6.17. The summed E-state index contributed by atoms with van der Waals surface area (Å²) in [6.45, 7) is 4.16. The molecule has 0 fully saturated rings. The molecule has 1 atom stereocenters. The minimum absolute atomic E-state index is 0.102. The van der Waals surface area contributed by atoms with Crippen LogP contribution in [0, 0.1) is 0 Å². The number of thioether (sulfide) groups is 1. The normalized spacial score (nSPS) is 12.2. The van der Waals surface area contributed by atoms with Gasteiger partial charge in [0.2, 0.25) is 0 Å². The zero-order chi connectivity index (χ0) is 12.8. The summed E-state index contributed by atoms with van der Waals surface area (Å²) in [4.78, 5) is 12.2. The Labute approximate surface area is 116 Å². The van der Waals surface area contributed by atoms with Crippen molar-refractivity contribution < 1.29 is 9.53 Å². The molecule has 0 aromatic heterocycles. The van der Waals surface area contributed by atoms with Crippen molar-refractivity contribution in [1.82, 2.24) is 0 Å². The van der Waals surface area contributed by atoms with Gasteiger partial charge in [0.1, 0.15) is 0 Å². The minimum atomic E-state index is -0.189. The number of carbonyl (C=O) groups excluding carboxylic acids is 1. The molecule has 0 saturated carbocycles. The number of hydrogen-bond acceptors (Lipinski definition) is 3. The highest BCUT2D eigenvalue weighted by Gasteiger charge is 2.13. The summed E-state index contributed by atoms with van der Waals surface area (Å²) < 4.78 is 4.89. The summed E-state index contributed by atoms with van der Waals surface area (Å²) in [7, 11) is 0. The molecule has 0 amide bonds. The Morgan fingerprint density at radius 1 is 1.47 bits per heavy atom. The molecule has 1 aromatic carbocycles. The van der Waals surface area contributed by atoms with E-state index in [1.807, 2.05) is 6.92 Å². The van der Waals surface area contributed by atoms with Crippen LogP contribution >= 0.6 is 35.0 Å². The molecule has 17 heavy (non-hydrogen) atoms. The van der Waals surface area contributed by atoms with Crippen LogP contribution in [-0.4, -0.2) is 17.8 Å². The maximum Gasteiger partial charge on any atom is 0.306 e. The van der Waals surface area contributed by atoms with Gasteiger partial charge in [0.25, 0.3) is 0 Å². The predicted molar refractivity (Wildman–Crippen MR) is 73.0 cm³/mol. The molecule has 5 heteroatoms. The molecule has 0 radical (unpaired) electrons. The molecule has 1 aromatic rings. The lowest BCUT2D eigenvalue weighted by molar-refractivity contribution is -0.142. The highest BCUT2D eigenvalue weighted by molar-refractivity contribution is 8.00. The van der Waals surface area contributed by atoms with Crippen LogP contribution in [0.4, 0.5) is 0 Å². The molecular formula is C12H14Cl2O2S. The van der Waals surface area contributed by atoms with Crippen LogP contribution in [0.2, 0.25) is 10.0 Å². The van der Waals surface area contributed by atoms with Gasteiger partial charge in [-0.3, -0.25) is 4.79 Å². The molecule has 0 heterocycles. The van der Waals surface area contributed by atoms with Crippen molar-refractivity contribution in [2.75, 3.05) is 6.61 Å². The highest BCUT2D eigenvalue weighted by atomic mass is 35.5. The fourth-order valence-electron chi connectivity index (χ4n) is 1.28. The van der Waals surface area contributed by atoms with Gasteiger partial charge in [-0.2, -0.15) is 0 Å². The van der Waals surface area contributed by atoms with Crippen LogP contribution in [0.15, 0.2) is 23.1 Å². The lowest BCUT2D eigenvalue weighted by atomic mass is 10.3. The third kappa shape index (κ3) is 5.19. The van der Waals surface area contributed by atoms with Crippen molar-refractivity contribution in [3.63, 3.8) is 0 Å². The topological polar surface area (TPSA) is 26.3 Å². The number of esters is 1. The van der Waals surface area contributed by atoms with Crippen molar-refractivity contribution in [3.05, 3.63) is 28.2 Å². The average Bonchev–Trinajstić information content (AvgIpc) is 2.23. The van der Waals surface area contributed by atoms with Gasteiger partial charge >= 0.3 is 5.97 Å². The van der Waals surface area contributed by atoms with E-state index in [4.69, 9.17) is 27.9 Å². The Bertz CT molecular complexity index is 396. The van der Waals surface area contributed by atoms with E-state index in [9.17, 15) is 4.79 Å². The zero-order valence-electron chi connectivity index (χ0n) is 9.70. The van der Waals surface area contributed by atoms with E-state index in [1.54, 1.807) is 25.1 Å². The van der Waals surface area contributed by atoms with Crippen molar-refractivity contribution in [2.24, 2.45) is 0 Å². The molecule has 0 spiro atoms. The first-order valence-electron chi connectivity index (χ1n) is 5.30. The first-order chi connectivity index (χ1) is 8.02. The van der Waals surface area contributed by atoms with Crippen LogP contribution in [0.1, 0.15) is 20.3 Å². The highest BCUT2D eigenvalue weighted by Crippen LogP contribution is 2.33. The Balaban J connectivity index is 2.58. The Hall–Kier alpha value is -0.380. The van der Waals surface area contributed by atoms with E-state index < -0.39 is 0 Å². The van der Waals surface area contributed by atoms with Crippen LogP contribution in [0.25, 0.3) is 0 Å². The van der Waals surface area contributed by atoms with Gasteiger partial charge in [0, 0.05) is 15.2 Å². The third-order valence-electron chi connectivity index (χ3n) is 1.98. The number of halogens is 2. The van der Waals surface area contributed by atoms with Crippen LogP contribution < -0.4 is 0 Å². The first-order valence-corrected chi connectivity index (χ1v) is 6.93. The largest absolute Gasteiger partial charge is 0.466 e. The van der Waals surface area contributed by atoms with Crippen molar-refractivity contribution in [3.8, 4) is 0 Å². The predicted octanol–water partition coefficient (Wildman–Crippen LogP) is 4.43. The second kappa shape index (κ2) is 7.14. The summed E-state index contributed by atoms with van der Waals surface area (Å²) in [5, 5.41) is 1.39. The molecule has 0 aliphatic carbocycles. The SMILES string of the molecule is CCOC(=O)CC(C)Sc1cc(Cl)ccc1Cl. The zero-order valence-corrected chi connectivity index (χ0v) is 12.0. The number of ether oxygens (including phenoxy) is 1. The van der Waals surface area contributed by atoms with Gasteiger partial charge in [-0.25, -0.2) is 0 Å². The van der Waals surface area contributed by atoms with Gasteiger partial charge in [-0.05, 0) is 25.1 Å². The maximum absolute atomic E-state index is 11.3. The smallest absolute Gasteiger partial charge is 0.306 e. The van der Waals surface area contributed by atoms with E-state index >= 15 is 0 Å². The monoisotopic (exact) mass is 292 g/mol. The minimum Gasteiger partial charge on any atom is -0.466 e. The average molecular weight is 293 g/mol. The molecule has 0 N–H and O–H groups in total. The third-order valence-corrected chi connectivity index (χ3v) is 3.82. The lowest BCUT2D eigenvalue weighted by Gasteiger charge is -2.11. The maximum atomic E-state index is 11.3. The van der Waals surface area contributed by atoms with Crippen LogP contribution in [0.3, 0.4) is 0 Å². The Morgan fingerprint density at radius 3 is 2.82 bits per heavy atom. The molecule has 0 aliphatic rings. The summed E-state index contributed by atoms with van der Waals surface area (Å²) >= 11 is 13.5. The van der Waals surface area contributed by atoms with Crippen LogP contribution in [-0.2, 0) is 9.53 Å². The number of hydrogen-bond donors (Lipinski definition) is 0. The summed E-state index contributed by atoms with van der Waals surface area (Å²) in [6.07, 6.45) is 0.362. The number of benzene rings is 1.